The van der Waals surface area contributed by atoms with Gasteiger partial charge in [-0.15, -0.1) is 5.10 Å². The average Bonchev–Trinajstić information content (AvgIpc) is 3.18. The zero-order chi connectivity index (χ0) is 13.4. The van der Waals surface area contributed by atoms with Gasteiger partial charge >= 0.3 is 0 Å². The van der Waals surface area contributed by atoms with E-state index < -0.39 is 0 Å². The van der Waals surface area contributed by atoms with Crippen LogP contribution in [0.25, 0.3) is 10.9 Å². The van der Waals surface area contributed by atoms with Crippen LogP contribution in [0.5, 0.6) is 0 Å². The zero-order valence-corrected chi connectivity index (χ0v) is 11.0. The fourth-order valence-electron chi connectivity index (χ4n) is 2.37. The highest BCUT2D eigenvalue weighted by Gasteiger charge is 2.23. The maximum atomic E-state index is 4.49. The van der Waals surface area contributed by atoms with Crippen LogP contribution in [-0.4, -0.2) is 20.2 Å². The summed E-state index contributed by atoms with van der Waals surface area (Å²) in [7, 11) is 0. The molecule has 100 valence electrons. The molecule has 0 atom stereocenters. The van der Waals surface area contributed by atoms with Gasteiger partial charge in [0.25, 0.3) is 0 Å². The van der Waals surface area contributed by atoms with Gasteiger partial charge in [-0.3, -0.25) is 10.1 Å². The average molecular weight is 265 g/mol. The van der Waals surface area contributed by atoms with E-state index in [1.807, 2.05) is 30.3 Å². The third-order valence-electron chi connectivity index (χ3n) is 3.60. The molecule has 0 saturated heterocycles. The number of rotatable bonds is 4. The molecule has 2 heterocycles. The number of benzene rings is 1. The van der Waals surface area contributed by atoms with Crippen LogP contribution in [0, 0.1) is 5.92 Å². The molecule has 0 radical (unpaired) electrons. The van der Waals surface area contributed by atoms with Crippen molar-refractivity contribution in [2.24, 2.45) is 5.92 Å². The summed E-state index contributed by atoms with van der Waals surface area (Å²) >= 11 is 0. The maximum Gasteiger partial charge on any atom is 0.246 e. The molecule has 0 aliphatic heterocycles. The molecule has 1 aliphatic rings. The summed E-state index contributed by atoms with van der Waals surface area (Å²) < 4.78 is 0. The Morgan fingerprint density at radius 3 is 3.05 bits per heavy atom. The molecule has 1 saturated carbocycles. The summed E-state index contributed by atoms with van der Waals surface area (Å²) in [6.45, 7) is 0. The van der Waals surface area contributed by atoms with E-state index in [4.69, 9.17) is 0 Å². The van der Waals surface area contributed by atoms with Gasteiger partial charge in [-0.2, -0.15) is 4.98 Å². The quantitative estimate of drug-likeness (QED) is 0.761. The number of hydrogen-bond donors (Lipinski definition) is 2. The van der Waals surface area contributed by atoms with Crippen LogP contribution in [0.15, 0.2) is 36.5 Å². The van der Waals surface area contributed by atoms with Crippen LogP contribution in [0.4, 0.5) is 11.6 Å². The van der Waals surface area contributed by atoms with Crippen LogP contribution in [-0.2, 0) is 6.42 Å². The van der Waals surface area contributed by atoms with Gasteiger partial charge < -0.3 is 5.32 Å². The molecule has 0 spiro atoms. The molecule has 0 amide bonds. The molecule has 5 heteroatoms. The van der Waals surface area contributed by atoms with E-state index in [2.05, 4.69) is 25.5 Å². The van der Waals surface area contributed by atoms with Gasteiger partial charge in [-0.25, -0.2) is 0 Å². The van der Waals surface area contributed by atoms with Crippen molar-refractivity contribution in [1.29, 1.82) is 0 Å². The number of fused-ring (bicyclic) bond motifs is 1. The van der Waals surface area contributed by atoms with Crippen molar-refractivity contribution in [3.63, 3.8) is 0 Å². The van der Waals surface area contributed by atoms with Gasteiger partial charge in [0.15, 0.2) is 0 Å². The second-order valence-corrected chi connectivity index (χ2v) is 5.25. The molecule has 2 N–H and O–H groups in total. The van der Waals surface area contributed by atoms with E-state index in [9.17, 15) is 0 Å². The Kier molecular flexibility index (Phi) is 2.62. The standard InChI is InChI=1S/C15H15N5/c1-4-12-11(3-2-8-16-12)13(5-1)17-15-18-14(19-20-15)9-10-6-7-10/h1-5,8,10H,6-7,9H2,(H2,17,18,19,20). The Bertz CT molecular complexity index is 739. The lowest BCUT2D eigenvalue weighted by Crippen LogP contribution is -1.94. The lowest BCUT2D eigenvalue weighted by Gasteiger charge is -2.05. The summed E-state index contributed by atoms with van der Waals surface area (Å²) in [5, 5.41) is 11.6. The molecular weight excluding hydrogens is 250 g/mol. The van der Waals surface area contributed by atoms with Gasteiger partial charge in [0.1, 0.15) is 5.82 Å². The Morgan fingerprint density at radius 2 is 2.15 bits per heavy atom. The second kappa shape index (κ2) is 4.59. The van der Waals surface area contributed by atoms with Gasteiger partial charge in [0, 0.05) is 18.0 Å². The number of aromatic amines is 1. The minimum atomic E-state index is 0.622. The molecule has 1 fully saturated rings. The smallest absolute Gasteiger partial charge is 0.246 e. The van der Waals surface area contributed by atoms with E-state index in [1.165, 1.54) is 12.8 Å². The van der Waals surface area contributed by atoms with E-state index in [-0.39, 0.29) is 0 Å². The van der Waals surface area contributed by atoms with Gasteiger partial charge in [-0.1, -0.05) is 6.07 Å². The van der Waals surface area contributed by atoms with Gasteiger partial charge in [0.2, 0.25) is 5.95 Å². The predicted molar refractivity (Wildman–Crippen MR) is 77.8 cm³/mol. The Hall–Kier alpha value is -2.43. The highest BCUT2D eigenvalue weighted by molar-refractivity contribution is 5.92. The minimum Gasteiger partial charge on any atom is -0.322 e. The van der Waals surface area contributed by atoms with E-state index in [0.717, 1.165) is 34.8 Å². The SMILES string of the molecule is c1cc(Nc2n[nH]c(CC3CC3)n2)c2cccnc2c1. The molecule has 1 aliphatic carbocycles. The van der Waals surface area contributed by atoms with Crippen molar-refractivity contribution in [1.82, 2.24) is 20.2 Å². The molecule has 0 bridgehead atoms. The number of anilines is 2. The van der Waals surface area contributed by atoms with E-state index >= 15 is 0 Å². The predicted octanol–water partition coefficient (Wildman–Crippen LogP) is 3.05. The fraction of sp³-hybridized carbons (Fsp3) is 0.267. The van der Waals surface area contributed by atoms with Crippen molar-refractivity contribution in [3.8, 4) is 0 Å². The molecule has 20 heavy (non-hydrogen) atoms. The van der Waals surface area contributed by atoms with Crippen molar-refractivity contribution < 1.29 is 0 Å². The second-order valence-electron chi connectivity index (χ2n) is 5.25. The third-order valence-corrected chi connectivity index (χ3v) is 3.60. The molecular formula is C15H15N5. The highest BCUT2D eigenvalue weighted by atomic mass is 15.3. The van der Waals surface area contributed by atoms with Crippen molar-refractivity contribution in [2.75, 3.05) is 5.32 Å². The normalized spacial score (nSPS) is 14.6. The summed E-state index contributed by atoms with van der Waals surface area (Å²) in [5.41, 5.74) is 1.94. The summed E-state index contributed by atoms with van der Waals surface area (Å²) in [6, 6.07) is 9.97. The van der Waals surface area contributed by atoms with Crippen LogP contribution >= 0.6 is 0 Å². The largest absolute Gasteiger partial charge is 0.322 e. The van der Waals surface area contributed by atoms with Crippen LogP contribution < -0.4 is 5.32 Å². The van der Waals surface area contributed by atoms with Crippen LogP contribution in [0.1, 0.15) is 18.7 Å². The monoisotopic (exact) mass is 265 g/mol. The minimum absolute atomic E-state index is 0.622. The maximum absolute atomic E-state index is 4.49. The Labute approximate surface area is 116 Å². The first kappa shape index (κ1) is 11.4. The number of hydrogen-bond acceptors (Lipinski definition) is 4. The Balaban J connectivity index is 1.61. The summed E-state index contributed by atoms with van der Waals surface area (Å²) in [6.07, 6.45) is 5.44. The van der Waals surface area contributed by atoms with Crippen LogP contribution in [0.2, 0.25) is 0 Å². The molecule has 2 aromatic heterocycles. The lowest BCUT2D eigenvalue weighted by molar-refractivity contribution is 0.774. The van der Waals surface area contributed by atoms with Crippen LogP contribution in [0.3, 0.4) is 0 Å². The highest BCUT2D eigenvalue weighted by Crippen LogP contribution is 2.32. The zero-order valence-electron chi connectivity index (χ0n) is 11.0. The number of H-pyrrole nitrogens is 1. The molecule has 3 aromatic rings. The van der Waals surface area contributed by atoms with E-state index in [0.29, 0.717) is 5.95 Å². The molecule has 1 aromatic carbocycles. The van der Waals surface area contributed by atoms with Gasteiger partial charge in [0.05, 0.1) is 11.2 Å². The van der Waals surface area contributed by atoms with Crippen molar-refractivity contribution >= 4 is 22.5 Å². The first-order valence-corrected chi connectivity index (χ1v) is 6.90. The first-order valence-electron chi connectivity index (χ1n) is 6.90. The number of nitrogens with one attached hydrogen (secondary N) is 2. The molecule has 0 unspecified atom stereocenters. The molecule has 5 nitrogen and oxygen atoms in total. The topological polar surface area (TPSA) is 66.5 Å². The summed E-state index contributed by atoms with van der Waals surface area (Å²) in [5.74, 6) is 2.39. The van der Waals surface area contributed by atoms with Crippen molar-refractivity contribution in [3.05, 3.63) is 42.4 Å². The van der Waals surface area contributed by atoms with Crippen molar-refractivity contribution in [2.45, 2.75) is 19.3 Å². The lowest BCUT2D eigenvalue weighted by atomic mass is 10.2. The summed E-state index contributed by atoms with van der Waals surface area (Å²) in [4.78, 5) is 8.84. The number of pyridine rings is 1. The van der Waals surface area contributed by atoms with Gasteiger partial charge in [-0.05, 0) is 43.0 Å². The number of nitrogens with zero attached hydrogens (tertiary/aromatic N) is 3. The number of aromatic nitrogens is 4. The first-order chi connectivity index (χ1) is 9.88. The third kappa shape index (κ3) is 2.22. The fourth-order valence-corrected chi connectivity index (χ4v) is 2.37. The Morgan fingerprint density at radius 1 is 1.20 bits per heavy atom. The van der Waals surface area contributed by atoms with E-state index in [1.54, 1.807) is 6.20 Å². The molecule has 4 rings (SSSR count).